The van der Waals surface area contributed by atoms with Crippen LogP contribution in [0.4, 0.5) is 0 Å². The monoisotopic (exact) mass is 141 g/mol. The van der Waals surface area contributed by atoms with Gasteiger partial charge in [0.1, 0.15) is 0 Å². The number of hydrogen-bond acceptors (Lipinski definition) is 2. The molecule has 1 aliphatic heterocycles. The second kappa shape index (κ2) is 2.72. The van der Waals surface area contributed by atoms with Gasteiger partial charge in [-0.2, -0.15) is 0 Å². The van der Waals surface area contributed by atoms with Crippen LogP contribution in [0.5, 0.6) is 0 Å². The molecule has 0 aromatic heterocycles. The Kier molecular flexibility index (Phi) is 2.11. The molecule has 1 rings (SSSR count). The van der Waals surface area contributed by atoms with E-state index < -0.39 is 5.60 Å². The van der Waals surface area contributed by atoms with Gasteiger partial charge in [-0.25, -0.2) is 0 Å². The van der Waals surface area contributed by atoms with Crippen molar-refractivity contribution in [2.24, 2.45) is 0 Å². The van der Waals surface area contributed by atoms with Crippen LogP contribution in [-0.4, -0.2) is 23.8 Å². The molecule has 1 heterocycles. The normalized spacial score (nSPS) is 20.5. The van der Waals surface area contributed by atoms with Crippen LogP contribution in [0.25, 0.3) is 0 Å². The summed E-state index contributed by atoms with van der Waals surface area (Å²) >= 11 is 0. The molecule has 0 saturated carbocycles. The molecule has 0 fully saturated rings. The molecule has 0 unspecified atom stereocenters. The summed E-state index contributed by atoms with van der Waals surface area (Å²) in [6.07, 6.45) is 3.05. The van der Waals surface area contributed by atoms with Crippen molar-refractivity contribution in [1.29, 1.82) is 0 Å². The lowest BCUT2D eigenvalue weighted by Crippen LogP contribution is -2.30. The van der Waals surface area contributed by atoms with Gasteiger partial charge in [0.25, 0.3) is 0 Å². The maximum absolute atomic E-state index is 9.55. The predicted molar refractivity (Wildman–Crippen MR) is 41.9 cm³/mol. The van der Waals surface area contributed by atoms with Gasteiger partial charge in [-0.15, -0.1) is 0 Å². The van der Waals surface area contributed by atoms with Gasteiger partial charge >= 0.3 is 0 Å². The highest BCUT2D eigenvalue weighted by Gasteiger charge is 2.19. The molecule has 0 amide bonds. The summed E-state index contributed by atoms with van der Waals surface area (Å²) in [5, 5.41) is 12.7. The largest absolute Gasteiger partial charge is 0.386 e. The van der Waals surface area contributed by atoms with Crippen molar-refractivity contribution in [2.75, 3.05) is 13.1 Å². The van der Waals surface area contributed by atoms with Gasteiger partial charge in [-0.05, 0) is 32.4 Å². The topological polar surface area (TPSA) is 32.3 Å². The fourth-order valence-electron chi connectivity index (χ4n) is 1.18. The predicted octanol–water partition coefficient (Wildman–Crippen LogP) is 0.677. The van der Waals surface area contributed by atoms with Crippen LogP contribution in [0.1, 0.15) is 20.3 Å². The highest BCUT2D eigenvalue weighted by atomic mass is 16.3. The first kappa shape index (κ1) is 7.76. The molecule has 0 aromatic carbocycles. The molecule has 2 nitrogen and oxygen atoms in total. The van der Waals surface area contributed by atoms with E-state index in [4.69, 9.17) is 0 Å². The quantitative estimate of drug-likeness (QED) is 0.526. The zero-order valence-corrected chi connectivity index (χ0v) is 6.65. The van der Waals surface area contributed by atoms with Crippen molar-refractivity contribution in [1.82, 2.24) is 5.32 Å². The number of rotatable bonds is 1. The zero-order valence-electron chi connectivity index (χ0n) is 6.65. The minimum atomic E-state index is -0.609. The molecule has 0 radical (unpaired) electrons. The number of hydrogen-bond donors (Lipinski definition) is 2. The van der Waals surface area contributed by atoms with Crippen LogP contribution < -0.4 is 5.32 Å². The highest BCUT2D eigenvalue weighted by Crippen LogP contribution is 2.19. The third-order valence-corrected chi connectivity index (χ3v) is 1.85. The average Bonchev–Trinajstić information content (AvgIpc) is 1.88. The molecule has 10 heavy (non-hydrogen) atoms. The van der Waals surface area contributed by atoms with Crippen LogP contribution in [-0.2, 0) is 0 Å². The fraction of sp³-hybridized carbons (Fsp3) is 0.750. The molecule has 0 bridgehead atoms. The van der Waals surface area contributed by atoms with Crippen LogP contribution >= 0.6 is 0 Å². The Labute approximate surface area is 61.9 Å². The Balaban J connectivity index is 2.62. The van der Waals surface area contributed by atoms with Gasteiger partial charge in [-0.3, -0.25) is 0 Å². The van der Waals surface area contributed by atoms with Gasteiger partial charge in [0.05, 0.1) is 5.60 Å². The van der Waals surface area contributed by atoms with Crippen LogP contribution in [0.3, 0.4) is 0 Å². The first-order valence-corrected chi connectivity index (χ1v) is 3.73. The van der Waals surface area contributed by atoms with E-state index in [2.05, 4.69) is 11.4 Å². The molecule has 0 aliphatic carbocycles. The van der Waals surface area contributed by atoms with Crippen molar-refractivity contribution in [2.45, 2.75) is 25.9 Å². The van der Waals surface area contributed by atoms with Gasteiger partial charge < -0.3 is 10.4 Å². The van der Waals surface area contributed by atoms with Gasteiger partial charge in [0.15, 0.2) is 0 Å². The van der Waals surface area contributed by atoms with E-state index in [9.17, 15) is 5.11 Å². The molecule has 2 heteroatoms. The van der Waals surface area contributed by atoms with Gasteiger partial charge in [0.2, 0.25) is 0 Å². The second-order valence-corrected chi connectivity index (χ2v) is 3.24. The molecule has 1 aliphatic rings. The lowest BCUT2D eigenvalue weighted by atomic mass is 9.93. The molecule has 0 saturated heterocycles. The number of nitrogens with one attached hydrogen (secondary N) is 1. The van der Waals surface area contributed by atoms with E-state index in [1.807, 2.05) is 13.8 Å². The Morgan fingerprint density at radius 2 is 2.30 bits per heavy atom. The summed E-state index contributed by atoms with van der Waals surface area (Å²) < 4.78 is 0. The Bertz CT molecular complexity index is 144. The molecule has 0 spiro atoms. The summed E-state index contributed by atoms with van der Waals surface area (Å²) in [4.78, 5) is 0. The molecule has 58 valence electrons. The van der Waals surface area contributed by atoms with Gasteiger partial charge in [-0.1, -0.05) is 6.08 Å². The Hall–Kier alpha value is -0.340. The van der Waals surface area contributed by atoms with E-state index in [-0.39, 0.29) is 0 Å². The third kappa shape index (κ3) is 1.82. The van der Waals surface area contributed by atoms with Crippen molar-refractivity contribution in [3.8, 4) is 0 Å². The minimum absolute atomic E-state index is 0.609. The zero-order chi connectivity index (χ0) is 7.61. The van der Waals surface area contributed by atoms with E-state index in [1.54, 1.807) is 0 Å². The summed E-state index contributed by atoms with van der Waals surface area (Å²) in [6.45, 7) is 5.57. The summed E-state index contributed by atoms with van der Waals surface area (Å²) in [5.74, 6) is 0. The van der Waals surface area contributed by atoms with E-state index >= 15 is 0 Å². The van der Waals surface area contributed by atoms with E-state index in [0.29, 0.717) is 0 Å². The van der Waals surface area contributed by atoms with Gasteiger partial charge in [0, 0.05) is 6.54 Å². The maximum atomic E-state index is 9.55. The first-order valence-electron chi connectivity index (χ1n) is 3.73. The second-order valence-electron chi connectivity index (χ2n) is 3.24. The molecule has 0 aromatic rings. The molecular weight excluding hydrogens is 126 g/mol. The first-order chi connectivity index (χ1) is 4.61. The molecule has 2 N–H and O–H groups in total. The standard InChI is InChI=1S/C8H15NO/c1-8(2,10)7-3-5-9-6-4-7/h3,9-10H,4-6H2,1-2H3. The SMILES string of the molecule is CC(C)(O)C1=CCNCC1. The average molecular weight is 141 g/mol. The van der Waals surface area contributed by atoms with Crippen LogP contribution in [0, 0.1) is 0 Å². The van der Waals surface area contributed by atoms with Crippen LogP contribution in [0.2, 0.25) is 0 Å². The summed E-state index contributed by atoms with van der Waals surface area (Å²) in [6, 6.07) is 0. The summed E-state index contributed by atoms with van der Waals surface area (Å²) in [7, 11) is 0. The summed E-state index contributed by atoms with van der Waals surface area (Å²) in [5.41, 5.74) is 0.550. The lowest BCUT2D eigenvalue weighted by molar-refractivity contribution is 0.114. The van der Waals surface area contributed by atoms with E-state index in [0.717, 1.165) is 25.1 Å². The third-order valence-electron chi connectivity index (χ3n) is 1.85. The Morgan fingerprint density at radius 1 is 1.60 bits per heavy atom. The van der Waals surface area contributed by atoms with Crippen molar-refractivity contribution >= 4 is 0 Å². The molecule has 0 atom stereocenters. The lowest BCUT2D eigenvalue weighted by Gasteiger charge is -2.24. The fourth-order valence-corrected chi connectivity index (χ4v) is 1.18. The number of aliphatic hydroxyl groups is 1. The van der Waals surface area contributed by atoms with Crippen molar-refractivity contribution in [3.05, 3.63) is 11.6 Å². The maximum Gasteiger partial charge on any atom is 0.0801 e. The smallest absolute Gasteiger partial charge is 0.0801 e. The van der Waals surface area contributed by atoms with E-state index in [1.165, 1.54) is 0 Å². The molecular formula is C8H15NO. The van der Waals surface area contributed by atoms with Crippen molar-refractivity contribution in [3.63, 3.8) is 0 Å². The van der Waals surface area contributed by atoms with Crippen molar-refractivity contribution < 1.29 is 5.11 Å². The minimum Gasteiger partial charge on any atom is -0.386 e. The van der Waals surface area contributed by atoms with Crippen LogP contribution in [0.15, 0.2) is 11.6 Å². The Morgan fingerprint density at radius 3 is 2.60 bits per heavy atom. The highest BCUT2D eigenvalue weighted by molar-refractivity contribution is 5.16.